The van der Waals surface area contributed by atoms with E-state index in [1.807, 2.05) is 12.1 Å². The first-order valence-corrected chi connectivity index (χ1v) is 17.2. The summed E-state index contributed by atoms with van der Waals surface area (Å²) in [5.41, 5.74) is 7.75. The fourth-order valence-electron chi connectivity index (χ4n) is 5.18. The Labute approximate surface area is 285 Å². The van der Waals surface area contributed by atoms with Crippen LogP contribution in [0.25, 0.3) is 0 Å². The lowest BCUT2D eigenvalue weighted by molar-refractivity contribution is -0.107. The van der Waals surface area contributed by atoms with E-state index in [2.05, 4.69) is 121 Å². The van der Waals surface area contributed by atoms with E-state index < -0.39 is 0 Å². The normalized spacial score (nSPS) is 11.4. The van der Waals surface area contributed by atoms with Gasteiger partial charge in [-0.1, -0.05) is 79.6 Å². The first-order chi connectivity index (χ1) is 22.6. The predicted octanol–water partition coefficient (Wildman–Crippen LogP) is 11.5. The molecule has 0 saturated carbocycles. The van der Waals surface area contributed by atoms with E-state index in [0.717, 1.165) is 80.8 Å². The molecule has 0 N–H and O–H groups in total. The van der Waals surface area contributed by atoms with Gasteiger partial charge in [0.15, 0.2) is 0 Å². The fourth-order valence-corrected chi connectivity index (χ4v) is 5.18. The SMILES string of the molecule is CCCOc1ccc(CCC(Oc2ccccc2CC(C)C=C(C)C)=C(C)C)cc1.COc1ccc(CC/C=C(\C)CCC=O)cc1. The second kappa shape index (κ2) is 22.5. The average molecular weight is 639 g/mol. The highest BCUT2D eigenvalue weighted by molar-refractivity contribution is 5.49. The number of ether oxygens (including phenoxy) is 3. The predicted molar refractivity (Wildman–Crippen MR) is 199 cm³/mol. The van der Waals surface area contributed by atoms with E-state index in [1.54, 1.807) is 7.11 Å². The maximum Gasteiger partial charge on any atom is 0.130 e. The highest BCUT2D eigenvalue weighted by atomic mass is 16.5. The Morgan fingerprint density at radius 1 is 0.787 bits per heavy atom. The minimum atomic E-state index is 0.489. The van der Waals surface area contributed by atoms with Crippen molar-refractivity contribution in [1.29, 1.82) is 0 Å². The van der Waals surface area contributed by atoms with Gasteiger partial charge in [-0.05, 0) is 132 Å². The number of hydrogen-bond acceptors (Lipinski definition) is 4. The molecule has 3 aromatic rings. The van der Waals surface area contributed by atoms with Gasteiger partial charge in [0.25, 0.3) is 0 Å². The van der Waals surface area contributed by atoms with Crippen molar-refractivity contribution >= 4 is 6.29 Å². The first-order valence-electron chi connectivity index (χ1n) is 17.2. The summed E-state index contributed by atoms with van der Waals surface area (Å²) in [6.45, 7) is 15.8. The number of rotatable bonds is 18. The van der Waals surface area contributed by atoms with Crippen LogP contribution in [-0.4, -0.2) is 20.0 Å². The van der Waals surface area contributed by atoms with Gasteiger partial charge in [-0.15, -0.1) is 0 Å². The molecule has 0 aliphatic carbocycles. The molecule has 0 saturated heterocycles. The van der Waals surface area contributed by atoms with Gasteiger partial charge in [0.1, 0.15) is 29.3 Å². The zero-order valence-corrected chi connectivity index (χ0v) is 30.2. The number of aldehydes is 1. The van der Waals surface area contributed by atoms with Crippen LogP contribution in [0.15, 0.2) is 107 Å². The highest BCUT2D eigenvalue weighted by Gasteiger charge is 2.11. The van der Waals surface area contributed by atoms with Gasteiger partial charge >= 0.3 is 0 Å². The third-order valence-electron chi connectivity index (χ3n) is 7.70. The van der Waals surface area contributed by atoms with Crippen molar-refractivity contribution < 1.29 is 19.0 Å². The third kappa shape index (κ3) is 16.4. The molecule has 0 bridgehead atoms. The molecule has 0 fully saturated rings. The molecule has 0 aliphatic rings. The summed E-state index contributed by atoms with van der Waals surface area (Å²) >= 11 is 0. The molecule has 3 rings (SSSR count). The number of carbonyl (C=O) groups excluding carboxylic acids is 1. The van der Waals surface area contributed by atoms with Crippen LogP contribution in [-0.2, 0) is 24.1 Å². The van der Waals surface area contributed by atoms with Crippen LogP contribution in [0.1, 0.15) is 97.3 Å². The molecule has 4 nitrogen and oxygen atoms in total. The Morgan fingerprint density at radius 3 is 2.02 bits per heavy atom. The molecule has 47 heavy (non-hydrogen) atoms. The summed E-state index contributed by atoms with van der Waals surface area (Å²) in [5.74, 6) is 4.36. The van der Waals surface area contributed by atoms with Crippen molar-refractivity contribution in [3.8, 4) is 17.2 Å². The average Bonchev–Trinajstić information content (AvgIpc) is 3.06. The lowest BCUT2D eigenvalue weighted by Gasteiger charge is -2.17. The summed E-state index contributed by atoms with van der Waals surface area (Å²) in [5, 5.41) is 0. The lowest BCUT2D eigenvalue weighted by atomic mass is 9.98. The topological polar surface area (TPSA) is 44.8 Å². The molecule has 0 radical (unpaired) electrons. The zero-order valence-electron chi connectivity index (χ0n) is 30.2. The summed E-state index contributed by atoms with van der Waals surface area (Å²) < 4.78 is 17.2. The highest BCUT2D eigenvalue weighted by Crippen LogP contribution is 2.27. The van der Waals surface area contributed by atoms with Crippen molar-refractivity contribution in [1.82, 2.24) is 0 Å². The molecule has 254 valence electrons. The standard InChI is InChI=1S/C28H38O2.C15H20O2/c1-7-18-29-26-15-12-24(13-16-26)14-17-27(22(4)5)30-28-11-9-8-10-25(28)20-23(6)19-21(2)3;1-13(6-4-12-16)5-3-7-14-8-10-15(17-2)11-9-14/h8-13,15-16,19,23H,7,14,17-18,20H2,1-6H3;5,8-12H,3-4,6-7H2,1-2H3/b;13-5+. The number of methoxy groups -OCH3 is 1. The Bertz CT molecular complexity index is 1400. The number of benzene rings is 3. The number of para-hydroxylation sites is 1. The maximum atomic E-state index is 10.2. The molecule has 1 atom stereocenters. The van der Waals surface area contributed by atoms with Crippen LogP contribution in [0.2, 0.25) is 0 Å². The minimum Gasteiger partial charge on any atom is -0.497 e. The van der Waals surface area contributed by atoms with Crippen molar-refractivity contribution in [2.24, 2.45) is 5.92 Å². The van der Waals surface area contributed by atoms with Gasteiger partial charge in [-0.2, -0.15) is 0 Å². The zero-order chi connectivity index (χ0) is 34.4. The summed E-state index contributed by atoms with van der Waals surface area (Å²) in [7, 11) is 1.67. The summed E-state index contributed by atoms with van der Waals surface area (Å²) in [6.07, 6.45) is 12.9. The quantitative estimate of drug-likeness (QED) is 0.0790. The number of allylic oxidation sites excluding steroid dienone is 6. The van der Waals surface area contributed by atoms with E-state index in [0.29, 0.717) is 12.3 Å². The minimum absolute atomic E-state index is 0.489. The Hall–Kier alpha value is -4.05. The number of hydrogen-bond donors (Lipinski definition) is 0. The van der Waals surface area contributed by atoms with Crippen LogP contribution < -0.4 is 14.2 Å². The molecule has 0 spiro atoms. The molecule has 0 amide bonds. The molecule has 0 aromatic heterocycles. The summed E-state index contributed by atoms with van der Waals surface area (Å²) in [4.78, 5) is 10.2. The Balaban J connectivity index is 0.000000382. The van der Waals surface area contributed by atoms with Crippen molar-refractivity contribution in [2.75, 3.05) is 13.7 Å². The Morgan fingerprint density at radius 2 is 1.43 bits per heavy atom. The molecular formula is C43H58O4. The fraction of sp³-hybridized carbons (Fsp3) is 0.419. The van der Waals surface area contributed by atoms with Crippen LogP contribution in [0.5, 0.6) is 17.2 Å². The van der Waals surface area contributed by atoms with Gasteiger partial charge in [0.05, 0.1) is 13.7 Å². The van der Waals surface area contributed by atoms with E-state index in [1.165, 1.54) is 33.4 Å². The van der Waals surface area contributed by atoms with Crippen molar-refractivity contribution in [3.63, 3.8) is 0 Å². The van der Waals surface area contributed by atoms with Gasteiger partial charge in [-0.25, -0.2) is 0 Å². The van der Waals surface area contributed by atoms with Crippen LogP contribution in [0.4, 0.5) is 0 Å². The van der Waals surface area contributed by atoms with Crippen molar-refractivity contribution in [3.05, 3.63) is 124 Å². The second-order valence-electron chi connectivity index (χ2n) is 12.7. The van der Waals surface area contributed by atoms with Gasteiger partial charge in [0, 0.05) is 12.8 Å². The van der Waals surface area contributed by atoms with E-state index in [9.17, 15) is 4.79 Å². The van der Waals surface area contributed by atoms with Crippen LogP contribution in [0, 0.1) is 5.92 Å². The summed E-state index contributed by atoms with van der Waals surface area (Å²) in [6, 6.07) is 25.0. The van der Waals surface area contributed by atoms with Crippen LogP contribution in [0.3, 0.4) is 0 Å². The second-order valence-corrected chi connectivity index (χ2v) is 12.7. The molecule has 0 aliphatic heterocycles. The Kier molecular flexibility index (Phi) is 18.7. The third-order valence-corrected chi connectivity index (χ3v) is 7.70. The first kappa shape index (κ1) is 39.1. The molecule has 0 heterocycles. The van der Waals surface area contributed by atoms with E-state index in [-0.39, 0.29) is 0 Å². The van der Waals surface area contributed by atoms with Gasteiger partial charge in [0.2, 0.25) is 0 Å². The number of aryl methyl sites for hydroxylation is 2. The molecule has 1 unspecified atom stereocenters. The maximum absolute atomic E-state index is 10.2. The van der Waals surface area contributed by atoms with E-state index >= 15 is 0 Å². The van der Waals surface area contributed by atoms with Crippen LogP contribution >= 0.6 is 0 Å². The van der Waals surface area contributed by atoms with E-state index in [4.69, 9.17) is 14.2 Å². The lowest BCUT2D eigenvalue weighted by Crippen LogP contribution is -2.04. The smallest absolute Gasteiger partial charge is 0.130 e. The van der Waals surface area contributed by atoms with Gasteiger partial charge in [-0.3, -0.25) is 0 Å². The van der Waals surface area contributed by atoms with Gasteiger partial charge < -0.3 is 19.0 Å². The molecule has 3 aromatic carbocycles. The number of carbonyl (C=O) groups is 1. The monoisotopic (exact) mass is 638 g/mol. The molecule has 4 heteroatoms. The molecular weight excluding hydrogens is 580 g/mol. The largest absolute Gasteiger partial charge is 0.497 e. The van der Waals surface area contributed by atoms with Crippen molar-refractivity contribution in [2.45, 2.75) is 99.8 Å².